The van der Waals surface area contributed by atoms with Crippen molar-refractivity contribution in [2.75, 3.05) is 18.0 Å². The van der Waals surface area contributed by atoms with Gasteiger partial charge in [0.2, 0.25) is 5.91 Å². The van der Waals surface area contributed by atoms with Gasteiger partial charge in [-0.15, -0.1) is 0 Å². The van der Waals surface area contributed by atoms with E-state index in [2.05, 4.69) is 5.32 Å². The number of carbonyl (C=O) groups excluding carboxylic acids is 1. The number of rotatable bonds is 7. The van der Waals surface area contributed by atoms with Gasteiger partial charge in [-0.05, 0) is 74.6 Å². The standard InChI is InChI=1S/C24H32N2O4S/c1-17-10-11-22(30-4)23(15-17)31(28,29)26(21-13-18(2)12-19(3)14-21)16-24(27)25-20-8-6-5-7-9-20/h10-15,20H,5-9,16H2,1-4H3,(H,25,27). The Morgan fingerprint density at radius 1 is 1.00 bits per heavy atom. The average molecular weight is 445 g/mol. The molecule has 0 aliphatic heterocycles. The van der Waals surface area contributed by atoms with Crippen LogP contribution < -0.4 is 14.4 Å². The lowest BCUT2D eigenvalue weighted by Crippen LogP contribution is -2.45. The molecule has 0 bridgehead atoms. The van der Waals surface area contributed by atoms with Crippen LogP contribution in [0.5, 0.6) is 5.75 Å². The van der Waals surface area contributed by atoms with Gasteiger partial charge in [-0.2, -0.15) is 0 Å². The second-order valence-electron chi connectivity index (χ2n) is 8.41. The number of sulfonamides is 1. The van der Waals surface area contributed by atoms with E-state index in [1.54, 1.807) is 30.3 Å². The molecule has 0 radical (unpaired) electrons. The van der Waals surface area contributed by atoms with Gasteiger partial charge in [0.15, 0.2) is 0 Å². The molecule has 0 atom stereocenters. The number of benzene rings is 2. The highest BCUT2D eigenvalue weighted by molar-refractivity contribution is 7.93. The summed E-state index contributed by atoms with van der Waals surface area (Å²) in [5.41, 5.74) is 3.13. The van der Waals surface area contributed by atoms with E-state index in [9.17, 15) is 13.2 Å². The lowest BCUT2D eigenvalue weighted by Gasteiger charge is -2.28. The predicted octanol–water partition coefficient (Wildman–Crippen LogP) is 4.26. The van der Waals surface area contributed by atoms with Crippen molar-refractivity contribution in [1.29, 1.82) is 0 Å². The van der Waals surface area contributed by atoms with Crippen LogP contribution in [0.3, 0.4) is 0 Å². The highest BCUT2D eigenvalue weighted by atomic mass is 32.2. The lowest BCUT2D eigenvalue weighted by molar-refractivity contribution is -0.120. The van der Waals surface area contributed by atoms with E-state index in [0.29, 0.717) is 5.69 Å². The Morgan fingerprint density at radius 2 is 1.65 bits per heavy atom. The molecule has 1 amide bonds. The molecule has 2 aromatic carbocycles. The van der Waals surface area contributed by atoms with E-state index in [1.807, 2.05) is 26.8 Å². The Labute approximate surface area is 185 Å². The lowest BCUT2D eigenvalue weighted by atomic mass is 9.95. The van der Waals surface area contributed by atoms with Gasteiger partial charge < -0.3 is 10.1 Å². The molecule has 0 heterocycles. The molecular weight excluding hydrogens is 412 g/mol. The highest BCUT2D eigenvalue weighted by Gasteiger charge is 2.31. The van der Waals surface area contributed by atoms with Gasteiger partial charge in [0.05, 0.1) is 12.8 Å². The molecule has 2 aromatic rings. The number of nitrogens with zero attached hydrogens (tertiary/aromatic N) is 1. The number of hydrogen-bond donors (Lipinski definition) is 1. The molecule has 0 aromatic heterocycles. The summed E-state index contributed by atoms with van der Waals surface area (Å²) in [5, 5.41) is 3.04. The van der Waals surface area contributed by atoms with Gasteiger partial charge in [0.25, 0.3) is 10.0 Å². The van der Waals surface area contributed by atoms with Crippen LogP contribution in [0.4, 0.5) is 5.69 Å². The molecule has 3 rings (SSSR count). The summed E-state index contributed by atoms with van der Waals surface area (Å²) >= 11 is 0. The van der Waals surface area contributed by atoms with Gasteiger partial charge in [-0.25, -0.2) is 8.42 Å². The first-order valence-electron chi connectivity index (χ1n) is 10.8. The van der Waals surface area contributed by atoms with Gasteiger partial charge >= 0.3 is 0 Å². The summed E-state index contributed by atoms with van der Waals surface area (Å²) in [6, 6.07) is 10.7. The Kier molecular flexibility index (Phi) is 7.26. The molecule has 0 unspecified atom stereocenters. The third kappa shape index (κ3) is 5.58. The van der Waals surface area contributed by atoms with Gasteiger partial charge in [0, 0.05) is 6.04 Å². The Balaban J connectivity index is 2.01. The van der Waals surface area contributed by atoms with E-state index in [-0.39, 0.29) is 29.1 Å². The van der Waals surface area contributed by atoms with Crippen LogP contribution in [0.15, 0.2) is 41.3 Å². The maximum Gasteiger partial charge on any atom is 0.268 e. The minimum Gasteiger partial charge on any atom is -0.495 e. The fourth-order valence-electron chi connectivity index (χ4n) is 4.16. The van der Waals surface area contributed by atoms with Crippen molar-refractivity contribution in [3.8, 4) is 5.75 Å². The number of anilines is 1. The van der Waals surface area contributed by atoms with E-state index in [4.69, 9.17) is 4.74 Å². The molecule has 1 saturated carbocycles. The van der Waals surface area contributed by atoms with Gasteiger partial charge in [-0.3, -0.25) is 9.10 Å². The number of amides is 1. The molecule has 7 heteroatoms. The minimum atomic E-state index is -4.04. The fourth-order valence-corrected chi connectivity index (χ4v) is 5.81. The molecule has 0 spiro atoms. The molecule has 168 valence electrons. The molecular formula is C24H32N2O4S. The summed E-state index contributed by atoms with van der Waals surface area (Å²) in [5.74, 6) is -0.0334. The zero-order valence-electron chi connectivity index (χ0n) is 18.8. The summed E-state index contributed by atoms with van der Waals surface area (Å²) < 4.78 is 34.1. The second-order valence-corrected chi connectivity index (χ2v) is 10.2. The van der Waals surface area contributed by atoms with Crippen molar-refractivity contribution in [1.82, 2.24) is 5.32 Å². The molecule has 1 aliphatic rings. The zero-order chi connectivity index (χ0) is 22.6. The first-order valence-corrected chi connectivity index (χ1v) is 12.2. The van der Waals surface area contributed by atoms with E-state index in [0.717, 1.165) is 42.4 Å². The molecule has 0 saturated heterocycles. The van der Waals surface area contributed by atoms with Crippen molar-refractivity contribution >= 4 is 21.6 Å². The van der Waals surface area contributed by atoms with Crippen molar-refractivity contribution in [3.05, 3.63) is 53.1 Å². The van der Waals surface area contributed by atoms with Crippen LogP contribution >= 0.6 is 0 Å². The number of methoxy groups -OCH3 is 1. The quantitative estimate of drug-likeness (QED) is 0.692. The van der Waals surface area contributed by atoms with Crippen LogP contribution in [0.25, 0.3) is 0 Å². The molecule has 1 aliphatic carbocycles. The van der Waals surface area contributed by atoms with Crippen molar-refractivity contribution in [2.45, 2.75) is 63.8 Å². The molecule has 1 fully saturated rings. The number of ether oxygens (including phenoxy) is 1. The maximum atomic E-state index is 13.8. The van der Waals surface area contributed by atoms with Crippen molar-refractivity contribution in [3.63, 3.8) is 0 Å². The fraction of sp³-hybridized carbons (Fsp3) is 0.458. The van der Waals surface area contributed by atoms with E-state index in [1.165, 1.54) is 17.8 Å². The second kappa shape index (κ2) is 9.73. The summed E-state index contributed by atoms with van der Waals surface area (Å²) in [6.07, 6.45) is 5.24. The largest absolute Gasteiger partial charge is 0.495 e. The average Bonchev–Trinajstić information content (AvgIpc) is 2.72. The van der Waals surface area contributed by atoms with Gasteiger partial charge in [0.1, 0.15) is 17.2 Å². The number of hydrogen-bond acceptors (Lipinski definition) is 4. The van der Waals surface area contributed by atoms with Gasteiger partial charge in [-0.1, -0.05) is 31.4 Å². The molecule has 6 nitrogen and oxygen atoms in total. The summed E-state index contributed by atoms with van der Waals surface area (Å²) in [7, 11) is -2.60. The van der Waals surface area contributed by atoms with Crippen LogP contribution in [-0.4, -0.2) is 34.0 Å². The monoisotopic (exact) mass is 444 g/mol. The zero-order valence-corrected chi connectivity index (χ0v) is 19.6. The third-order valence-corrected chi connectivity index (χ3v) is 7.43. The summed E-state index contributed by atoms with van der Waals surface area (Å²) in [6.45, 7) is 5.38. The Bertz CT molecular complexity index is 1020. The molecule has 1 N–H and O–H groups in total. The smallest absolute Gasteiger partial charge is 0.268 e. The number of nitrogens with one attached hydrogen (secondary N) is 1. The van der Waals surface area contributed by atoms with Crippen LogP contribution in [0, 0.1) is 20.8 Å². The topological polar surface area (TPSA) is 75.7 Å². The Morgan fingerprint density at radius 3 is 2.26 bits per heavy atom. The van der Waals surface area contributed by atoms with E-state index < -0.39 is 10.0 Å². The predicted molar refractivity (Wildman–Crippen MR) is 123 cm³/mol. The number of carbonyl (C=O) groups is 1. The first-order chi connectivity index (χ1) is 14.7. The normalized spacial score (nSPS) is 14.8. The first kappa shape index (κ1) is 23.1. The van der Waals surface area contributed by atoms with Crippen LogP contribution in [-0.2, 0) is 14.8 Å². The Hall–Kier alpha value is -2.54. The van der Waals surface area contributed by atoms with Crippen molar-refractivity contribution < 1.29 is 17.9 Å². The molecule has 31 heavy (non-hydrogen) atoms. The summed E-state index contributed by atoms with van der Waals surface area (Å²) in [4.78, 5) is 13.0. The third-order valence-electron chi connectivity index (χ3n) is 5.64. The number of aryl methyl sites for hydroxylation is 3. The highest BCUT2D eigenvalue weighted by Crippen LogP contribution is 2.31. The maximum absolute atomic E-state index is 13.8. The minimum absolute atomic E-state index is 0.0552. The van der Waals surface area contributed by atoms with Crippen LogP contribution in [0.1, 0.15) is 48.8 Å². The SMILES string of the molecule is COc1ccc(C)cc1S(=O)(=O)N(CC(=O)NC1CCCCC1)c1cc(C)cc(C)c1. The van der Waals surface area contributed by atoms with Crippen LogP contribution in [0.2, 0.25) is 0 Å². The van der Waals surface area contributed by atoms with Crippen molar-refractivity contribution in [2.24, 2.45) is 0 Å². The van der Waals surface area contributed by atoms with E-state index >= 15 is 0 Å².